The lowest BCUT2D eigenvalue weighted by Crippen LogP contribution is -2.24. The number of nitrogens with one attached hydrogen (secondary N) is 1. The Morgan fingerprint density at radius 3 is 3.11 bits per heavy atom. The number of rotatable bonds is 4. The van der Waals surface area contributed by atoms with Crippen LogP contribution in [0.2, 0.25) is 0 Å². The molecule has 1 aliphatic rings. The Bertz CT molecular complexity index is 444. The van der Waals surface area contributed by atoms with E-state index in [1.54, 1.807) is 6.07 Å². The molecule has 1 unspecified atom stereocenters. The normalized spacial score (nSPS) is 18.9. The highest BCUT2D eigenvalue weighted by molar-refractivity contribution is 5.90. The van der Waals surface area contributed by atoms with Gasteiger partial charge in [-0.25, -0.2) is 9.18 Å². The number of carbonyl (C=O) groups is 1. The lowest BCUT2D eigenvalue weighted by Gasteiger charge is -2.22. The number of halogens is 1. The van der Waals surface area contributed by atoms with Crippen LogP contribution in [0, 0.1) is 11.7 Å². The molecule has 1 aromatic rings. The van der Waals surface area contributed by atoms with Gasteiger partial charge < -0.3 is 14.8 Å². The van der Waals surface area contributed by atoms with E-state index in [1.165, 1.54) is 19.2 Å². The van der Waals surface area contributed by atoms with E-state index in [2.05, 4.69) is 10.1 Å². The SMILES string of the molecule is COC(=O)c1cc(NCC2CCCOC2)ccc1F. The molecule has 0 radical (unpaired) electrons. The molecule has 1 N–H and O–H groups in total. The molecule has 104 valence electrons. The fourth-order valence-electron chi connectivity index (χ4n) is 2.13. The Morgan fingerprint density at radius 2 is 2.42 bits per heavy atom. The number of esters is 1. The van der Waals surface area contributed by atoms with Crippen molar-refractivity contribution < 1.29 is 18.7 Å². The molecule has 0 bridgehead atoms. The summed E-state index contributed by atoms with van der Waals surface area (Å²) < 4.78 is 23.4. The van der Waals surface area contributed by atoms with Crippen LogP contribution >= 0.6 is 0 Å². The van der Waals surface area contributed by atoms with E-state index in [4.69, 9.17) is 4.74 Å². The van der Waals surface area contributed by atoms with Crippen molar-refractivity contribution in [2.45, 2.75) is 12.8 Å². The van der Waals surface area contributed by atoms with Gasteiger partial charge in [-0.05, 0) is 37.0 Å². The fourth-order valence-corrected chi connectivity index (χ4v) is 2.13. The lowest BCUT2D eigenvalue weighted by atomic mass is 10.0. The zero-order valence-electron chi connectivity index (χ0n) is 10.9. The lowest BCUT2D eigenvalue weighted by molar-refractivity contribution is 0.0591. The smallest absolute Gasteiger partial charge is 0.340 e. The van der Waals surface area contributed by atoms with Crippen molar-refractivity contribution >= 4 is 11.7 Å². The number of carbonyl (C=O) groups excluding carboxylic acids is 1. The van der Waals surface area contributed by atoms with E-state index >= 15 is 0 Å². The number of hydrogen-bond donors (Lipinski definition) is 1. The van der Waals surface area contributed by atoms with Gasteiger partial charge >= 0.3 is 5.97 Å². The molecule has 2 rings (SSSR count). The second-order valence-corrected chi connectivity index (χ2v) is 4.65. The molecule has 0 aliphatic carbocycles. The Hall–Kier alpha value is -1.62. The first-order chi connectivity index (χ1) is 9.20. The highest BCUT2D eigenvalue weighted by Gasteiger charge is 2.15. The zero-order chi connectivity index (χ0) is 13.7. The predicted octanol–water partition coefficient (Wildman–Crippen LogP) is 2.45. The molecule has 1 aliphatic heterocycles. The van der Waals surface area contributed by atoms with Gasteiger partial charge in [0.05, 0.1) is 19.3 Å². The first-order valence-electron chi connectivity index (χ1n) is 6.40. The predicted molar refractivity (Wildman–Crippen MR) is 69.8 cm³/mol. The maximum absolute atomic E-state index is 13.5. The van der Waals surface area contributed by atoms with Crippen molar-refractivity contribution in [1.82, 2.24) is 0 Å². The summed E-state index contributed by atoms with van der Waals surface area (Å²) in [5.41, 5.74) is 0.666. The molecule has 0 amide bonds. The van der Waals surface area contributed by atoms with Crippen molar-refractivity contribution in [3.8, 4) is 0 Å². The molecular weight excluding hydrogens is 249 g/mol. The first-order valence-corrected chi connectivity index (χ1v) is 6.40. The molecule has 0 saturated carbocycles. The summed E-state index contributed by atoms with van der Waals surface area (Å²) in [6.45, 7) is 2.34. The fraction of sp³-hybridized carbons (Fsp3) is 0.500. The van der Waals surface area contributed by atoms with Gasteiger partial charge in [-0.3, -0.25) is 0 Å². The number of hydrogen-bond acceptors (Lipinski definition) is 4. The summed E-state index contributed by atoms with van der Waals surface area (Å²) in [5, 5.41) is 3.21. The average Bonchev–Trinajstić information content (AvgIpc) is 2.46. The van der Waals surface area contributed by atoms with Crippen molar-refractivity contribution in [3.63, 3.8) is 0 Å². The quantitative estimate of drug-likeness (QED) is 0.851. The molecule has 0 spiro atoms. The molecule has 1 aromatic carbocycles. The average molecular weight is 267 g/mol. The van der Waals surface area contributed by atoms with Gasteiger partial charge in [-0.1, -0.05) is 0 Å². The maximum atomic E-state index is 13.5. The largest absolute Gasteiger partial charge is 0.465 e. The molecular formula is C14H18FNO3. The van der Waals surface area contributed by atoms with Crippen LogP contribution in [0.3, 0.4) is 0 Å². The second-order valence-electron chi connectivity index (χ2n) is 4.65. The Morgan fingerprint density at radius 1 is 1.58 bits per heavy atom. The summed E-state index contributed by atoms with van der Waals surface area (Å²) in [5.74, 6) is -0.777. The van der Waals surface area contributed by atoms with Gasteiger partial charge in [-0.15, -0.1) is 0 Å². The Labute approximate surface area is 111 Å². The van der Waals surface area contributed by atoms with Gasteiger partial charge in [-0.2, -0.15) is 0 Å². The van der Waals surface area contributed by atoms with Crippen molar-refractivity contribution in [1.29, 1.82) is 0 Å². The van der Waals surface area contributed by atoms with Crippen LogP contribution in [0.25, 0.3) is 0 Å². The summed E-state index contributed by atoms with van der Waals surface area (Å²) in [6, 6.07) is 4.36. The summed E-state index contributed by atoms with van der Waals surface area (Å²) in [4.78, 5) is 11.4. The summed E-state index contributed by atoms with van der Waals surface area (Å²) in [6.07, 6.45) is 2.20. The van der Waals surface area contributed by atoms with Crippen LogP contribution in [-0.4, -0.2) is 32.8 Å². The van der Waals surface area contributed by atoms with E-state index in [9.17, 15) is 9.18 Å². The zero-order valence-corrected chi connectivity index (χ0v) is 10.9. The van der Waals surface area contributed by atoms with Crippen LogP contribution < -0.4 is 5.32 Å². The van der Waals surface area contributed by atoms with E-state index in [0.717, 1.165) is 32.6 Å². The third kappa shape index (κ3) is 3.67. The van der Waals surface area contributed by atoms with Crippen LogP contribution in [0.1, 0.15) is 23.2 Å². The topological polar surface area (TPSA) is 47.6 Å². The third-order valence-corrected chi connectivity index (χ3v) is 3.22. The van der Waals surface area contributed by atoms with Gasteiger partial charge in [0.25, 0.3) is 0 Å². The standard InChI is InChI=1S/C14H18FNO3/c1-18-14(17)12-7-11(4-5-13(12)15)16-8-10-3-2-6-19-9-10/h4-5,7,10,16H,2-3,6,8-9H2,1H3. The molecule has 19 heavy (non-hydrogen) atoms. The van der Waals surface area contributed by atoms with Crippen molar-refractivity contribution in [3.05, 3.63) is 29.6 Å². The monoisotopic (exact) mass is 267 g/mol. The van der Waals surface area contributed by atoms with Crippen molar-refractivity contribution in [2.75, 3.05) is 32.2 Å². The minimum Gasteiger partial charge on any atom is -0.465 e. The number of methoxy groups -OCH3 is 1. The third-order valence-electron chi connectivity index (χ3n) is 3.22. The van der Waals surface area contributed by atoms with E-state index < -0.39 is 11.8 Å². The second kappa shape index (κ2) is 6.52. The first kappa shape index (κ1) is 13.8. The molecule has 0 aromatic heterocycles. The van der Waals surface area contributed by atoms with Gasteiger partial charge in [0.1, 0.15) is 5.82 Å². The molecule has 4 nitrogen and oxygen atoms in total. The van der Waals surface area contributed by atoms with E-state index in [-0.39, 0.29) is 5.56 Å². The minimum absolute atomic E-state index is 0.0487. The van der Waals surface area contributed by atoms with Crippen LogP contribution in [0.15, 0.2) is 18.2 Å². The van der Waals surface area contributed by atoms with Crippen LogP contribution in [-0.2, 0) is 9.47 Å². The number of anilines is 1. The maximum Gasteiger partial charge on any atom is 0.340 e. The van der Waals surface area contributed by atoms with Gasteiger partial charge in [0.2, 0.25) is 0 Å². The van der Waals surface area contributed by atoms with Crippen LogP contribution in [0.4, 0.5) is 10.1 Å². The summed E-state index contributed by atoms with van der Waals surface area (Å²) in [7, 11) is 1.24. The van der Waals surface area contributed by atoms with E-state index in [1.807, 2.05) is 0 Å². The number of ether oxygens (including phenoxy) is 2. The highest BCUT2D eigenvalue weighted by Crippen LogP contribution is 2.18. The minimum atomic E-state index is -0.665. The summed E-state index contributed by atoms with van der Waals surface area (Å²) >= 11 is 0. The van der Waals surface area contributed by atoms with Crippen LogP contribution in [0.5, 0.6) is 0 Å². The van der Waals surface area contributed by atoms with Gasteiger partial charge in [0, 0.05) is 18.8 Å². The Kier molecular flexibility index (Phi) is 4.74. The van der Waals surface area contributed by atoms with Gasteiger partial charge in [0.15, 0.2) is 0 Å². The van der Waals surface area contributed by atoms with E-state index in [0.29, 0.717) is 11.6 Å². The number of benzene rings is 1. The molecule has 5 heteroatoms. The molecule has 1 heterocycles. The molecule has 1 fully saturated rings. The molecule has 1 saturated heterocycles. The highest BCUT2D eigenvalue weighted by atomic mass is 19.1. The molecule has 1 atom stereocenters. The van der Waals surface area contributed by atoms with Crippen molar-refractivity contribution in [2.24, 2.45) is 5.92 Å². The Balaban J connectivity index is 1.98.